The molecule has 21 heavy (non-hydrogen) atoms. The molecule has 4 heteroatoms. The quantitative estimate of drug-likeness (QED) is 0.842. The third-order valence-electron chi connectivity index (χ3n) is 4.62. The Labute approximate surface area is 137 Å². The standard InChI is InChI=1S/C17H28BrN3/c1-4-6-16-12-21(17(10-20-16)13(3)5-2)11-14-7-15(18)9-19-8-14/h7-9,13,16-17,20H,4-6,10-12H2,1-3H3. The topological polar surface area (TPSA) is 28.2 Å². The first-order chi connectivity index (χ1) is 10.1. The monoisotopic (exact) mass is 353 g/mol. The van der Waals surface area contributed by atoms with Gasteiger partial charge in [0, 0.05) is 48.6 Å². The van der Waals surface area contributed by atoms with Gasteiger partial charge in [0.1, 0.15) is 0 Å². The minimum atomic E-state index is 0.627. The number of nitrogens with zero attached hydrogens (tertiary/aromatic N) is 2. The van der Waals surface area contributed by atoms with E-state index in [0.717, 1.165) is 30.0 Å². The van der Waals surface area contributed by atoms with Gasteiger partial charge < -0.3 is 5.32 Å². The molecule has 0 aromatic carbocycles. The van der Waals surface area contributed by atoms with E-state index >= 15 is 0 Å². The molecule has 1 saturated heterocycles. The summed E-state index contributed by atoms with van der Waals surface area (Å²) < 4.78 is 1.07. The summed E-state index contributed by atoms with van der Waals surface area (Å²) in [6, 6.07) is 3.45. The number of halogens is 1. The van der Waals surface area contributed by atoms with Gasteiger partial charge in [-0.25, -0.2) is 0 Å². The molecular weight excluding hydrogens is 326 g/mol. The van der Waals surface area contributed by atoms with Gasteiger partial charge in [-0.05, 0) is 39.9 Å². The van der Waals surface area contributed by atoms with Crippen molar-refractivity contribution in [2.24, 2.45) is 5.92 Å². The first-order valence-electron chi connectivity index (χ1n) is 8.20. The van der Waals surface area contributed by atoms with Gasteiger partial charge in [0.2, 0.25) is 0 Å². The van der Waals surface area contributed by atoms with Crippen LogP contribution in [0.2, 0.25) is 0 Å². The normalized spacial score (nSPS) is 25.0. The Balaban J connectivity index is 2.08. The zero-order valence-corrected chi connectivity index (χ0v) is 15.1. The van der Waals surface area contributed by atoms with Crippen LogP contribution < -0.4 is 5.32 Å². The summed E-state index contributed by atoms with van der Waals surface area (Å²) in [5.41, 5.74) is 1.30. The lowest BCUT2D eigenvalue weighted by molar-refractivity contribution is 0.0817. The number of nitrogens with one attached hydrogen (secondary N) is 1. The summed E-state index contributed by atoms with van der Waals surface area (Å²) >= 11 is 3.53. The van der Waals surface area contributed by atoms with Crippen LogP contribution in [-0.2, 0) is 6.54 Å². The van der Waals surface area contributed by atoms with Gasteiger partial charge in [0.05, 0.1) is 0 Å². The van der Waals surface area contributed by atoms with Crippen molar-refractivity contribution in [3.8, 4) is 0 Å². The molecular formula is C17H28BrN3. The zero-order chi connectivity index (χ0) is 15.2. The molecule has 3 atom stereocenters. The van der Waals surface area contributed by atoms with Crippen molar-refractivity contribution in [3.63, 3.8) is 0 Å². The molecule has 3 unspecified atom stereocenters. The van der Waals surface area contributed by atoms with Gasteiger partial charge in [-0.15, -0.1) is 0 Å². The second-order valence-electron chi connectivity index (χ2n) is 6.29. The maximum Gasteiger partial charge on any atom is 0.0410 e. The average Bonchev–Trinajstić information content (AvgIpc) is 2.47. The molecule has 0 saturated carbocycles. The molecule has 1 aliphatic heterocycles. The highest BCUT2D eigenvalue weighted by Gasteiger charge is 2.30. The highest BCUT2D eigenvalue weighted by atomic mass is 79.9. The fourth-order valence-corrected chi connectivity index (χ4v) is 3.65. The van der Waals surface area contributed by atoms with E-state index < -0.39 is 0 Å². The fraction of sp³-hybridized carbons (Fsp3) is 0.706. The van der Waals surface area contributed by atoms with Crippen LogP contribution in [-0.4, -0.2) is 35.1 Å². The lowest BCUT2D eigenvalue weighted by Gasteiger charge is -2.43. The lowest BCUT2D eigenvalue weighted by atomic mass is 9.93. The van der Waals surface area contributed by atoms with Gasteiger partial charge >= 0.3 is 0 Å². The number of hydrogen-bond donors (Lipinski definition) is 1. The van der Waals surface area contributed by atoms with Crippen molar-refractivity contribution in [1.82, 2.24) is 15.2 Å². The van der Waals surface area contributed by atoms with Crippen LogP contribution in [0.1, 0.15) is 45.6 Å². The molecule has 2 heterocycles. The number of hydrogen-bond acceptors (Lipinski definition) is 3. The van der Waals surface area contributed by atoms with Crippen molar-refractivity contribution in [1.29, 1.82) is 0 Å². The number of aromatic nitrogens is 1. The number of pyridine rings is 1. The van der Waals surface area contributed by atoms with Crippen LogP contribution >= 0.6 is 15.9 Å². The van der Waals surface area contributed by atoms with E-state index in [1.807, 2.05) is 12.4 Å². The summed E-state index contributed by atoms with van der Waals surface area (Å²) in [5, 5.41) is 3.75. The maximum atomic E-state index is 4.31. The van der Waals surface area contributed by atoms with Gasteiger partial charge in [-0.2, -0.15) is 0 Å². The highest BCUT2D eigenvalue weighted by Crippen LogP contribution is 2.22. The Morgan fingerprint density at radius 1 is 1.43 bits per heavy atom. The van der Waals surface area contributed by atoms with Crippen molar-refractivity contribution < 1.29 is 0 Å². The van der Waals surface area contributed by atoms with E-state index in [1.165, 1.54) is 24.8 Å². The number of rotatable bonds is 6. The molecule has 118 valence electrons. The zero-order valence-electron chi connectivity index (χ0n) is 13.5. The van der Waals surface area contributed by atoms with Crippen LogP contribution in [0.25, 0.3) is 0 Å². The van der Waals surface area contributed by atoms with E-state index in [1.54, 1.807) is 0 Å². The first kappa shape index (κ1) is 16.9. The van der Waals surface area contributed by atoms with Crippen molar-refractivity contribution in [2.45, 2.75) is 58.7 Å². The molecule has 0 radical (unpaired) electrons. The number of piperazine rings is 1. The Hall–Kier alpha value is -0.450. The predicted molar refractivity (Wildman–Crippen MR) is 92.3 cm³/mol. The molecule has 0 spiro atoms. The minimum absolute atomic E-state index is 0.627. The van der Waals surface area contributed by atoms with Crippen molar-refractivity contribution >= 4 is 15.9 Å². The van der Waals surface area contributed by atoms with Crippen LogP contribution in [0.15, 0.2) is 22.9 Å². The predicted octanol–water partition coefficient (Wildman–Crippen LogP) is 3.83. The third kappa shape index (κ3) is 4.76. The maximum absolute atomic E-state index is 4.31. The molecule has 0 aliphatic carbocycles. The molecule has 1 aromatic rings. The molecule has 2 rings (SSSR count). The second-order valence-corrected chi connectivity index (χ2v) is 7.20. The van der Waals surface area contributed by atoms with Crippen LogP contribution in [0.5, 0.6) is 0 Å². The van der Waals surface area contributed by atoms with E-state index in [9.17, 15) is 0 Å². The molecule has 0 amide bonds. The minimum Gasteiger partial charge on any atom is -0.311 e. The van der Waals surface area contributed by atoms with E-state index in [2.05, 4.69) is 58.0 Å². The summed E-state index contributed by atoms with van der Waals surface area (Å²) in [6.07, 6.45) is 7.60. The van der Waals surface area contributed by atoms with Crippen molar-refractivity contribution in [2.75, 3.05) is 13.1 Å². The third-order valence-corrected chi connectivity index (χ3v) is 5.06. The van der Waals surface area contributed by atoms with Gasteiger partial charge in [-0.1, -0.05) is 33.6 Å². The summed E-state index contributed by atoms with van der Waals surface area (Å²) in [7, 11) is 0. The Bertz CT molecular complexity index is 438. The first-order valence-corrected chi connectivity index (χ1v) is 9.00. The second kappa shape index (κ2) is 8.25. The van der Waals surface area contributed by atoms with E-state index in [0.29, 0.717) is 12.1 Å². The molecule has 1 aliphatic rings. The molecule has 1 aromatic heterocycles. The summed E-state index contributed by atoms with van der Waals surface area (Å²) in [6.45, 7) is 10.2. The summed E-state index contributed by atoms with van der Waals surface area (Å²) in [5.74, 6) is 0.722. The smallest absolute Gasteiger partial charge is 0.0410 e. The molecule has 1 N–H and O–H groups in total. The van der Waals surface area contributed by atoms with E-state index in [-0.39, 0.29) is 0 Å². The van der Waals surface area contributed by atoms with Gasteiger partial charge in [0.15, 0.2) is 0 Å². The van der Waals surface area contributed by atoms with Crippen molar-refractivity contribution in [3.05, 3.63) is 28.5 Å². The lowest BCUT2D eigenvalue weighted by Crippen LogP contribution is -2.58. The Morgan fingerprint density at radius 2 is 2.24 bits per heavy atom. The molecule has 3 nitrogen and oxygen atoms in total. The largest absolute Gasteiger partial charge is 0.311 e. The van der Waals surface area contributed by atoms with Crippen LogP contribution in [0.4, 0.5) is 0 Å². The SMILES string of the molecule is CCCC1CN(Cc2cncc(Br)c2)C(C(C)CC)CN1. The summed E-state index contributed by atoms with van der Waals surface area (Å²) in [4.78, 5) is 6.97. The average molecular weight is 354 g/mol. The highest BCUT2D eigenvalue weighted by molar-refractivity contribution is 9.10. The van der Waals surface area contributed by atoms with Gasteiger partial charge in [0.25, 0.3) is 0 Å². The van der Waals surface area contributed by atoms with Crippen LogP contribution in [0.3, 0.4) is 0 Å². The Kier molecular flexibility index (Phi) is 6.65. The van der Waals surface area contributed by atoms with E-state index in [4.69, 9.17) is 0 Å². The Morgan fingerprint density at radius 3 is 2.90 bits per heavy atom. The van der Waals surface area contributed by atoms with Gasteiger partial charge in [-0.3, -0.25) is 9.88 Å². The molecule has 1 fully saturated rings. The fourth-order valence-electron chi connectivity index (χ4n) is 3.23. The van der Waals surface area contributed by atoms with Crippen LogP contribution in [0, 0.1) is 5.92 Å². The molecule has 0 bridgehead atoms.